The third-order valence-electron chi connectivity index (χ3n) is 3.18. The molecule has 0 aliphatic heterocycles. The molecule has 2 aromatic rings. The first kappa shape index (κ1) is 15.4. The van der Waals surface area contributed by atoms with Gasteiger partial charge in [0.2, 0.25) is 0 Å². The first-order chi connectivity index (χ1) is 9.97. The molecule has 2 aromatic carbocycles. The van der Waals surface area contributed by atoms with E-state index in [2.05, 4.69) is 10.6 Å². The van der Waals surface area contributed by atoms with Crippen LogP contribution in [-0.4, -0.2) is 5.11 Å². The van der Waals surface area contributed by atoms with Crippen molar-refractivity contribution in [2.75, 3.05) is 5.32 Å². The molecule has 0 saturated carbocycles. The van der Waals surface area contributed by atoms with Crippen LogP contribution in [0.3, 0.4) is 0 Å². The number of rotatable bonds is 3. The molecule has 0 saturated heterocycles. The van der Waals surface area contributed by atoms with Gasteiger partial charge in [0.15, 0.2) is 5.11 Å². The number of anilines is 1. The highest BCUT2D eigenvalue weighted by atomic mass is 32.1. The van der Waals surface area contributed by atoms with Crippen molar-refractivity contribution in [2.45, 2.75) is 19.9 Å². The van der Waals surface area contributed by atoms with Gasteiger partial charge in [-0.1, -0.05) is 24.3 Å². The van der Waals surface area contributed by atoms with Gasteiger partial charge in [-0.2, -0.15) is 0 Å². The van der Waals surface area contributed by atoms with Gasteiger partial charge >= 0.3 is 0 Å². The molecule has 1 atom stereocenters. The van der Waals surface area contributed by atoms with Gasteiger partial charge in [-0.25, -0.2) is 8.78 Å². The van der Waals surface area contributed by atoms with Gasteiger partial charge in [0.1, 0.15) is 11.6 Å². The van der Waals surface area contributed by atoms with E-state index in [0.29, 0.717) is 0 Å². The second-order valence-electron chi connectivity index (χ2n) is 4.80. The minimum atomic E-state index is -0.678. The molecule has 0 aliphatic carbocycles. The Labute approximate surface area is 128 Å². The van der Waals surface area contributed by atoms with Crippen molar-refractivity contribution in [1.29, 1.82) is 0 Å². The fourth-order valence-corrected chi connectivity index (χ4v) is 2.38. The third kappa shape index (κ3) is 3.98. The zero-order valence-electron chi connectivity index (χ0n) is 11.8. The molecular formula is C16H16F2N2S. The molecule has 110 valence electrons. The predicted molar refractivity (Wildman–Crippen MR) is 85.3 cm³/mol. The molecule has 0 aliphatic rings. The molecule has 0 heterocycles. The molecule has 2 N–H and O–H groups in total. The first-order valence-electron chi connectivity index (χ1n) is 6.55. The van der Waals surface area contributed by atoms with Crippen LogP contribution in [0.1, 0.15) is 24.1 Å². The lowest BCUT2D eigenvalue weighted by Gasteiger charge is -2.19. The molecule has 0 radical (unpaired) electrons. The molecule has 5 heteroatoms. The summed E-state index contributed by atoms with van der Waals surface area (Å²) in [6, 6.07) is 11.2. The second-order valence-corrected chi connectivity index (χ2v) is 5.21. The van der Waals surface area contributed by atoms with Gasteiger partial charge in [-0.05, 0) is 49.3 Å². The largest absolute Gasteiger partial charge is 0.356 e. The minimum absolute atomic E-state index is 0.0188. The Morgan fingerprint density at radius 3 is 2.52 bits per heavy atom. The summed E-state index contributed by atoms with van der Waals surface area (Å²) < 4.78 is 26.4. The quantitative estimate of drug-likeness (QED) is 0.826. The van der Waals surface area contributed by atoms with Crippen LogP contribution in [0.5, 0.6) is 0 Å². The molecule has 0 bridgehead atoms. The molecule has 0 aromatic heterocycles. The highest BCUT2D eigenvalue weighted by Gasteiger charge is 2.10. The Bertz CT molecular complexity index is 658. The molecule has 1 unspecified atom stereocenters. The molecular weight excluding hydrogens is 290 g/mol. The zero-order chi connectivity index (χ0) is 15.4. The van der Waals surface area contributed by atoms with E-state index in [-0.39, 0.29) is 16.8 Å². The lowest BCUT2D eigenvalue weighted by atomic mass is 10.0. The van der Waals surface area contributed by atoms with Crippen LogP contribution < -0.4 is 10.6 Å². The van der Waals surface area contributed by atoms with Crippen LogP contribution in [-0.2, 0) is 0 Å². The highest BCUT2D eigenvalue weighted by molar-refractivity contribution is 7.80. The Kier molecular flexibility index (Phi) is 4.85. The fourth-order valence-electron chi connectivity index (χ4n) is 2.10. The standard InChI is InChI=1S/C16H16F2N2S/c1-10-5-3-4-6-13(10)11(2)19-16(21)20-15-8-7-12(17)9-14(15)18/h3-9,11H,1-2H3,(H2,19,20,21). The van der Waals surface area contributed by atoms with Crippen molar-refractivity contribution < 1.29 is 8.78 Å². The lowest BCUT2D eigenvalue weighted by molar-refractivity contribution is 0.586. The lowest BCUT2D eigenvalue weighted by Crippen LogP contribution is -2.31. The van der Waals surface area contributed by atoms with Gasteiger partial charge in [0.05, 0.1) is 11.7 Å². The van der Waals surface area contributed by atoms with E-state index in [9.17, 15) is 8.78 Å². The number of nitrogens with one attached hydrogen (secondary N) is 2. The number of thiocarbonyl (C=S) groups is 1. The molecule has 0 spiro atoms. The van der Waals surface area contributed by atoms with Crippen molar-refractivity contribution in [1.82, 2.24) is 5.32 Å². The normalized spacial score (nSPS) is 11.8. The second kappa shape index (κ2) is 6.63. The highest BCUT2D eigenvalue weighted by Crippen LogP contribution is 2.18. The van der Waals surface area contributed by atoms with E-state index in [0.717, 1.165) is 17.2 Å². The average Bonchev–Trinajstić information content (AvgIpc) is 2.42. The molecule has 2 nitrogen and oxygen atoms in total. The van der Waals surface area contributed by atoms with Crippen molar-refractivity contribution in [3.8, 4) is 0 Å². The van der Waals surface area contributed by atoms with Crippen molar-refractivity contribution in [2.24, 2.45) is 0 Å². The maximum atomic E-state index is 13.5. The van der Waals surface area contributed by atoms with Crippen molar-refractivity contribution >= 4 is 23.0 Å². The first-order valence-corrected chi connectivity index (χ1v) is 6.96. The van der Waals surface area contributed by atoms with Crippen molar-refractivity contribution in [3.63, 3.8) is 0 Å². The maximum absolute atomic E-state index is 13.5. The average molecular weight is 306 g/mol. The number of aryl methyl sites for hydroxylation is 1. The van der Waals surface area contributed by atoms with E-state index in [4.69, 9.17) is 12.2 Å². The Morgan fingerprint density at radius 1 is 1.14 bits per heavy atom. The number of hydrogen-bond donors (Lipinski definition) is 2. The number of halogens is 2. The minimum Gasteiger partial charge on any atom is -0.356 e. The summed E-state index contributed by atoms with van der Waals surface area (Å²) in [6.45, 7) is 3.99. The van der Waals surface area contributed by atoms with Crippen LogP contribution in [0.25, 0.3) is 0 Å². The van der Waals surface area contributed by atoms with E-state index in [1.165, 1.54) is 12.1 Å². The van der Waals surface area contributed by atoms with Crippen LogP contribution in [0, 0.1) is 18.6 Å². The summed E-state index contributed by atoms with van der Waals surface area (Å²) in [4.78, 5) is 0. The van der Waals surface area contributed by atoms with E-state index in [1.807, 2.05) is 38.1 Å². The zero-order valence-corrected chi connectivity index (χ0v) is 12.6. The monoisotopic (exact) mass is 306 g/mol. The maximum Gasteiger partial charge on any atom is 0.171 e. The smallest absolute Gasteiger partial charge is 0.171 e. The third-order valence-corrected chi connectivity index (χ3v) is 3.40. The summed E-state index contributed by atoms with van der Waals surface area (Å²) in [5.41, 5.74) is 2.40. The topological polar surface area (TPSA) is 24.1 Å². The van der Waals surface area contributed by atoms with Gasteiger partial charge in [-0.3, -0.25) is 0 Å². The molecule has 2 rings (SSSR count). The SMILES string of the molecule is Cc1ccccc1C(C)NC(=S)Nc1ccc(F)cc1F. The van der Waals surface area contributed by atoms with Gasteiger partial charge in [0.25, 0.3) is 0 Å². The fraction of sp³-hybridized carbons (Fsp3) is 0.188. The van der Waals surface area contributed by atoms with Gasteiger partial charge < -0.3 is 10.6 Å². The van der Waals surface area contributed by atoms with E-state index in [1.54, 1.807) is 0 Å². The number of benzene rings is 2. The van der Waals surface area contributed by atoms with Crippen molar-refractivity contribution in [3.05, 3.63) is 65.2 Å². The Balaban J connectivity index is 2.03. The van der Waals surface area contributed by atoms with Crippen LogP contribution in [0.15, 0.2) is 42.5 Å². The van der Waals surface area contributed by atoms with Gasteiger partial charge in [-0.15, -0.1) is 0 Å². The van der Waals surface area contributed by atoms with Crippen LogP contribution in [0.2, 0.25) is 0 Å². The Hall–Kier alpha value is -2.01. The predicted octanol–water partition coefficient (Wildman–Crippen LogP) is 4.32. The van der Waals surface area contributed by atoms with Gasteiger partial charge in [0, 0.05) is 6.07 Å². The molecule has 0 amide bonds. The molecule has 0 fully saturated rings. The van der Waals surface area contributed by atoms with E-state index < -0.39 is 11.6 Å². The summed E-state index contributed by atoms with van der Waals surface area (Å²) in [7, 11) is 0. The van der Waals surface area contributed by atoms with Crippen LogP contribution in [0.4, 0.5) is 14.5 Å². The summed E-state index contributed by atoms with van der Waals surface area (Å²) in [5.74, 6) is -1.30. The summed E-state index contributed by atoms with van der Waals surface area (Å²) in [5, 5.41) is 6.11. The van der Waals surface area contributed by atoms with E-state index >= 15 is 0 Å². The van der Waals surface area contributed by atoms with Crippen LogP contribution >= 0.6 is 12.2 Å². The summed E-state index contributed by atoms with van der Waals surface area (Å²) in [6.07, 6.45) is 0. The summed E-state index contributed by atoms with van der Waals surface area (Å²) >= 11 is 5.17. The number of hydrogen-bond acceptors (Lipinski definition) is 1. The Morgan fingerprint density at radius 2 is 1.86 bits per heavy atom. The molecule has 21 heavy (non-hydrogen) atoms.